The molecule has 1 N–H and O–H groups in total. The molecule has 3 heteroatoms. The number of hydrogen-bond acceptors (Lipinski definition) is 2. The maximum Gasteiger partial charge on any atom is 0.123 e. The van der Waals surface area contributed by atoms with Crippen molar-refractivity contribution >= 4 is 11.8 Å². The van der Waals surface area contributed by atoms with Crippen LogP contribution in [0.5, 0.6) is 0 Å². The summed E-state index contributed by atoms with van der Waals surface area (Å²) in [5, 5.41) is 3.48. The van der Waals surface area contributed by atoms with Gasteiger partial charge in [0.05, 0.1) is 0 Å². The molecular weight excluding hydrogens is 209 g/mol. The van der Waals surface area contributed by atoms with Crippen LogP contribution in [0, 0.1) is 5.82 Å². The van der Waals surface area contributed by atoms with Gasteiger partial charge in [0.2, 0.25) is 0 Å². The second-order valence-corrected chi connectivity index (χ2v) is 5.07. The molecule has 1 saturated heterocycles. The van der Waals surface area contributed by atoms with Crippen LogP contribution in [-0.2, 0) is 6.54 Å². The average Bonchev–Trinajstić information content (AvgIpc) is 2.28. The smallest absolute Gasteiger partial charge is 0.123 e. The highest BCUT2D eigenvalue weighted by Crippen LogP contribution is 2.17. The predicted molar refractivity (Wildman–Crippen MR) is 63.6 cm³/mol. The van der Waals surface area contributed by atoms with Crippen LogP contribution in [0.3, 0.4) is 0 Å². The van der Waals surface area contributed by atoms with Crippen molar-refractivity contribution in [1.29, 1.82) is 0 Å². The fraction of sp³-hybridized carbons (Fsp3) is 0.500. The Labute approximate surface area is 94.5 Å². The Morgan fingerprint density at radius 3 is 3.13 bits per heavy atom. The molecule has 1 heterocycles. The van der Waals surface area contributed by atoms with Gasteiger partial charge in [-0.15, -0.1) is 0 Å². The molecule has 0 spiro atoms. The minimum absolute atomic E-state index is 0.146. The van der Waals surface area contributed by atoms with Crippen LogP contribution in [0.4, 0.5) is 4.39 Å². The molecule has 1 aliphatic rings. The molecule has 0 aromatic heterocycles. The van der Waals surface area contributed by atoms with Gasteiger partial charge in [-0.2, -0.15) is 11.8 Å². The van der Waals surface area contributed by atoms with E-state index in [2.05, 4.69) is 5.32 Å². The molecule has 82 valence electrons. The van der Waals surface area contributed by atoms with Crippen molar-refractivity contribution in [3.63, 3.8) is 0 Å². The highest BCUT2D eigenvalue weighted by atomic mass is 32.2. The van der Waals surface area contributed by atoms with Gasteiger partial charge in [0.25, 0.3) is 0 Å². The van der Waals surface area contributed by atoms with Gasteiger partial charge in [-0.25, -0.2) is 4.39 Å². The van der Waals surface area contributed by atoms with E-state index in [1.807, 2.05) is 17.8 Å². The van der Waals surface area contributed by atoms with Gasteiger partial charge in [-0.1, -0.05) is 12.1 Å². The van der Waals surface area contributed by atoms with Crippen molar-refractivity contribution < 1.29 is 4.39 Å². The van der Waals surface area contributed by atoms with E-state index in [0.29, 0.717) is 6.04 Å². The lowest BCUT2D eigenvalue weighted by Crippen LogP contribution is -2.33. The second kappa shape index (κ2) is 5.52. The molecule has 2 rings (SSSR count). The summed E-state index contributed by atoms with van der Waals surface area (Å²) in [4.78, 5) is 0. The van der Waals surface area contributed by atoms with E-state index >= 15 is 0 Å². The van der Waals surface area contributed by atoms with Crippen LogP contribution >= 0.6 is 11.8 Å². The van der Waals surface area contributed by atoms with Crippen molar-refractivity contribution in [1.82, 2.24) is 5.32 Å². The summed E-state index contributed by atoms with van der Waals surface area (Å²) in [6.45, 7) is 0.781. The van der Waals surface area contributed by atoms with Gasteiger partial charge < -0.3 is 5.32 Å². The van der Waals surface area contributed by atoms with Crippen LogP contribution in [0.1, 0.15) is 18.4 Å². The summed E-state index contributed by atoms with van der Waals surface area (Å²) in [5.74, 6) is 2.33. The fourth-order valence-corrected chi connectivity index (χ4v) is 2.92. The molecule has 15 heavy (non-hydrogen) atoms. The molecule has 1 aliphatic heterocycles. The molecule has 0 saturated carbocycles. The molecule has 1 fully saturated rings. The van der Waals surface area contributed by atoms with E-state index < -0.39 is 0 Å². The van der Waals surface area contributed by atoms with Crippen molar-refractivity contribution in [3.05, 3.63) is 35.6 Å². The number of nitrogens with one attached hydrogen (secondary N) is 1. The number of halogens is 1. The average molecular weight is 225 g/mol. The van der Waals surface area contributed by atoms with E-state index in [4.69, 9.17) is 0 Å². The quantitative estimate of drug-likeness (QED) is 0.849. The predicted octanol–water partition coefficient (Wildman–Crippen LogP) is 2.81. The van der Waals surface area contributed by atoms with Crippen LogP contribution < -0.4 is 5.32 Å². The van der Waals surface area contributed by atoms with E-state index in [1.54, 1.807) is 12.1 Å². The Morgan fingerprint density at radius 1 is 1.47 bits per heavy atom. The van der Waals surface area contributed by atoms with Crippen molar-refractivity contribution in [3.8, 4) is 0 Å². The first-order valence-corrected chi connectivity index (χ1v) is 6.55. The van der Waals surface area contributed by atoms with E-state index in [1.165, 1.54) is 30.4 Å². The Kier molecular flexibility index (Phi) is 4.03. The molecular formula is C12H16FNS. The van der Waals surface area contributed by atoms with Gasteiger partial charge in [-0.05, 0) is 36.3 Å². The Morgan fingerprint density at radius 2 is 2.40 bits per heavy atom. The summed E-state index contributed by atoms with van der Waals surface area (Å²) in [6.07, 6.45) is 2.55. The van der Waals surface area contributed by atoms with Gasteiger partial charge >= 0.3 is 0 Å². The maximum atomic E-state index is 12.9. The number of hydrogen-bond donors (Lipinski definition) is 1. The first-order valence-electron chi connectivity index (χ1n) is 5.40. The second-order valence-electron chi connectivity index (χ2n) is 3.92. The number of benzene rings is 1. The zero-order valence-corrected chi connectivity index (χ0v) is 9.52. The Bertz CT molecular complexity index is 310. The minimum atomic E-state index is -0.146. The fourth-order valence-electron chi connectivity index (χ4n) is 1.81. The van der Waals surface area contributed by atoms with Gasteiger partial charge in [0.1, 0.15) is 5.82 Å². The molecule has 1 aromatic carbocycles. The topological polar surface area (TPSA) is 12.0 Å². The zero-order chi connectivity index (χ0) is 10.5. The first-order chi connectivity index (χ1) is 7.34. The van der Waals surface area contributed by atoms with E-state index in [9.17, 15) is 4.39 Å². The zero-order valence-electron chi connectivity index (χ0n) is 8.71. The summed E-state index contributed by atoms with van der Waals surface area (Å²) in [7, 11) is 0. The van der Waals surface area contributed by atoms with Gasteiger partial charge in [0.15, 0.2) is 0 Å². The van der Waals surface area contributed by atoms with E-state index in [0.717, 1.165) is 12.1 Å². The molecule has 0 amide bonds. The number of thioether (sulfide) groups is 1. The van der Waals surface area contributed by atoms with Crippen LogP contribution in [0.25, 0.3) is 0 Å². The third-order valence-corrected chi connectivity index (χ3v) is 3.86. The van der Waals surface area contributed by atoms with Gasteiger partial charge in [-0.3, -0.25) is 0 Å². The van der Waals surface area contributed by atoms with E-state index in [-0.39, 0.29) is 5.82 Å². The summed E-state index contributed by atoms with van der Waals surface area (Å²) < 4.78 is 12.9. The third kappa shape index (κ3) is 3.50. The summed E-state index contributed by atoms with van der Waals surface area (Å²) >= 11 is 2.00. The third-order valence-electron chi connectivity index (χ3n) is 2.64. The van der Waals surface area contributed by atoms with Crippen molar-refractivity contribution in [2.24, 2.45) is 0 Å². The molecule has 1 atom stereocenters. The molecule has 0 radical (unpaired) electrons. The lowest BCUT2D eigenvalue weighted by Gasteiger charge is -2.22. The normalized spacial score (nSPS) is 21.5. The molecule has 1 nitrogen and oxygen atoms in total. The molecule has 1 aromatic rings. The van der Waals surface area contributed by atoms with Crippen molar-refractivity contribution in [2.45, 2.75) is 25.4 Å². The standard InChI is InChI=1S/C12H16FNS/c13-11-4-1-3-10(7-11)8-14-12-5-2-6-15-9-12/h1,3-4,7,12,14H,2,5-6,8-9H2. The Hall–Kier alpha value is -0.540. The van der Waals surface area contributed by atoms with Crippen LogP contribution in [0.2, 0.25) is 0 Å². The largest absolute Gasteiger partial charge is 0.309 e. The highest BCUT2D eigenvalue weighted by Gasteiger charge is 2.12. The van der Waals surface area contributed by atoms with Crippen LogP contribution in [0.15, 0.2) is 24.3 Å². The maximum absolute atomic E-state index is 12.9. The monoisotopic (exact) mass is 225 g/mol. The number of rotatable bonds is 3. The lowest BCUT2D eigenvalue weighted by atomic mass is 10.1. The van der Waals surface area contributed by atoms with Crippen molar-refractivity contribution in [2.75, 3.05) is 11.5 Å². The summed E-state index contributed by atoms with van der Waals surface area (Å²) in [6, 6.07) is 7.42. The first kappa shape index (κ1) is 11.0. The minimum Gasteiger partial charge on any atom is -0.309 e. The molecule has 0 bridgehead atoms. The highest BCUT2D eigenvalue weighted by molar-refractivity contribution is 7.99. The van der Waals surface area contributed by atoms with Crippen LogP contribution in [-0.4, -0.2) is 17.5 Å². The Balaban J connectivity index is 1.81. The molecule has 1 unspecified atom stereocenters. The molecule has 0 aliphatic carbocycles. The SMILES string of the molecule is Fc1cccc(CNC2CCCSC2)c1. The van der Waals surface area contributed by atoms with Gasteiger partial charge in [0, 0.05) is 18.3 Å². The summed E-state index contributed by atoms with van der Waals surface area (Å²) in [5.41, 5.74) is 1.03. The lowest BCUT2D eigenvalue weighted by molar-refractivity contribution is 0.506.